The van der Waals surface area contributed by atoms with Crippen LogP contribution in [0.5, 0.6) is 0 Å². The van der Waals surface area contributed by atoms with Crippen molar-refractivity contribution < 1.29 is 14.3 Å². The second-order valence-corrected chi connectivity index (χ2v) is 7.11. The molecular weight excluding hydrogens is 360 g/mol. The molecule has 0 unspecified atom stereocenters. The number of esters is 1. The highest BCUT2D eigenvalue weighted by Gasteiger charge is 2.21. The van der Waals surface area contributed by atoms with E-state index in [4.69, 9.17) is 4.74 Å². The zero-order chi connectivity index (χ0) is 18.8. The lowest BCUT2D eigenvalue weighted by Gasteiger charge is -2.10. The molecule has 2 heterocycles. The maximum atomic E-state index is 12.6. The standard InChI is InChI=1S/C21H16N2O3S/c1-13(21(25)15-12-22-16-7-3-2-6-14(15)16)26-20(24)11-10-19-23-17-8-4-5-9-18(17)27-19/h2-13,22H,1H3/b11-10+/t13-/m0/s1. The molecule has 2 aromatic heterocycles. The number of nitrogens with zero attached hydrogens (tertiary/aromatic N) is 1. The number of para-hydroxylation sites is 2. The van der Waals surface area contributed by atoms with Crippen LogP contribution >= 0.6 is 11.3 Å². The summed E-state index contributed by atoms with van der Waals surface area (Å²) >= 11 is 1.49. The van der Waals surface area contributed by atoms with Crippen LogP contribution < -0.4 is 0 Å². The second kappa shape index (κ2) is 7.17. The van der Waals surface area contributed by atoms with Crippen molar-refractivity contribution in [2.24, 2.45) is 0 Å². The monoisotopic (exact) mass is 376 g/mol. The molecule has 1 N–H and O–H groups in total. The lowest BCUT2D eigenvalue weighted by atomic mass is 10.1. The number of aromatic amines is 1. The van der Waals surface area contributed by atoms with Gasteiger partial charge in [-0.1, -0.05) is 30.3 Å². The highest BCUT2D eigenvalue weighted by atomic mass is 32.1. The lowest BCUT2D eigenvalue weighted by molar-refractivity contribution is -0.140. The van der Waals surface area contributed by atoms with Crippen molar-refractivity contribution in [2.45, 2.75) is 13.0 Å². The van der Waals surface area contributed by atoms with Crippen molar-refractivity contribution >= 4 is 50.3 Å². The predicted molar refractivity (Wildman–Crippen MR) is 107 cm³/mol. The Hall–Kier alpha value is -3.25. The molecule has 0 radical (unpaired) electrons. The summed E-state index contributed by atoms with van der Waals surface area (Å²) in [5.74, 6) is -0.816. The Morgan fingerprint density at radius 3 is 2.78 bits per heavy atom. The Morgan fingerprint density at radius 2 is 1.93 bits per heavy atom. The maximum Gasteiger partial charge on any atom is 0.331 e. The van der Waals surface area contributed by atoms with Crippen molar-refractivity contribution in [3.8, 4) is 0 Å². The fraction of sp³-hybridized carbons (Fsp3) is 0.0952. The van der Waals surface area contributed by atoms with Crippen LogP contribution in [0.1, 0.15) is 22.3 Å². The number of carbonyl (C=O) groups excluding carboxylic acids is 2. The number of rotatable bonds is 5. The second-order valence-electron chi connectivity index (χ2n) is 6.04. The number of benzene rings is 2. The molecule has 0 amide bonds. The third-order valence-corrected chi connectivity index (χ3v) is 5.19. The van der Waals surface area contributed by atoms with Gasteiger partial charge in [-0.2, -0.15) is 0 Å². The van der Waals surface area contributed by atoms with E-state index in [9.17, 15) is 9.59 Å². The van der Waals surface area contributed by atoms with Gasteiger partial charge in [0.05, 0.1) is 10.2 Å². The summed E-state index contributed by atoms with van der Waals surface area (Å²) < 4.78 is 6.32. The number of hydrogen-bond acceptors (Lipinski definition) is 5. The van der Waals surface area contributed by atoms with E-state index in [0.29, 0.717) is 10.6 Å². The molecule has 1 atom stereocenters. The first-order valence-corrected chi connectivity index (χ1v) is 9.28. The van der Waals surface area contributed by atoms with Gasteiger partial charge in [-0.05, 0) is 31.2 Å². The van der Waals surface area contributed by atoms with Crippen LogP contribution in [0.3, 0.4) is 0 Å². The van der Waals surface area contributed by atoms with Gasteiger partial charge < -0.3 is 9.72 Å². The largest absolute Gasteiger partial charge is 0.451 e. The van der Waals surface area contributed by atoms with Gasteiger partial charge in [0.25, 0.3) is 0 Å². The van der Waals surface area contributed by atoms with E-state index in [0.717, 1.165) is 21.1 Å². The van der Waals surface area contributed by atoms with Crippen molar-refractivity contribution in [1.29, 1.82) is 0 Å². The van der Waals surface area contributed by atoms with E-state index >= 15 is 0 Å². The van der Waals surface area contributed by atoms with Gasteiger partial charge in [0.2, 0.25) is 5.78 Å². The number of thiazole rings is 1. The Labute approximate surface area is 159 Å². The number of fused-ring (bicyclic) bond motifs is 2. The molecule has 0 bridgehead atoms. The number of Topliss-reactive ketones (excluding diaryl/α,β-unsaturated/α-hetero) is 1. The number of ether oxygens (including phenoxy) is 1. The van der Waals surface area contributed by atoms with Gasteiger partial charge >= 0.3 is 5.97 Å². The smallest absolute Gasteiger partial charge is 0.331 e. The fourth-order valence-electron chi connectivity index (χ4n) is 2.86. The summed E-state index contributed by atoms with van der Waals surface area (Å²) in [5.41, 5.74) is 2.27. The number of H-pyrrole nitrogens is 1. The van der Waals surface area contributed by atoms with Crippen LogP contribution in [0.2, 0.25) is 0 Å². The molecule has 0 aliphatic rings. The molecule has 2 aromatic carbocycles. The number of aromatic nitrogens is 2. The van der Waals surface area contributed by atoms with E-state index in [-0.39, 0.29) is 5.78 Å². The highest BCUT2D eigenvalue weighted by Crippen LogP contribution is 2.23. The minimum absolute atomic E-state index is 0.241. The van der Waals surface area contributed by atoms with Crippen LogP contribution in [0, 0.1) is 0 Å². The molecule has 0 saturated carbocycles. The quantitative estimate of drug-likeness (QED) is 0.314. The first-order chi connectivity index (χ1) is 13.1. The Morgan fingerprint density at radius 1 is 1.15 bits per heavy atom. The van der Waals surface area contributed by atoms with Crippen molar-refractivity contribution in [3.63, 3.8) is 0 Å². The van der Waals surface area contributed by atoms with E-state index in [2.05, 4.69) is 9.97 Å². The van der Waals surface area contributed by atoms with Crippen LogP contribution in [-0.4, -0.2) is 27.8 Å². The molecule has 5 nitrogen and oxygen atoms in total. The minimum Gasteiger partial charge on any atom is -0.451 e. The van der Waals surface area contributed by atoms with Crippen molar-refractivity contribution in [2.75, 3.05) is 0 Å². The molecule has 6 heteroatoms. The van der Waals surface area contributed by atoms with Gasteiger partial charge in [-0.3, -0.25) is 4.79 Å². The van der Waals surface area contributed by atoms with E-state index in [1.165, 1.54) is 17.4 Å². The van der Waals surface area contributed by atoms with Gasteiger partial charge in [-0.25, -0.2) is 9.78 Å². The molecule has 134 valence electrons. The molecule has 4 aromatic rings. The number of hydrogen-bond donors (Lipinski definition) is 1. The Balaban J connectivity index is 1.44. The number of nitrogens with one attached hydrogen (secondary N) is 1. The van der Waals surface area contributed by atoms with Gasteiger partial charge in [0, 0.05) is 28.7 Å². The molecule has 0 saturated heterocycles. The molecule has 0 aliphatic carbocycles. The topological polar surface area (TPSA) is 72.0 Å². The molecule has 0 spiro atoms. The first kappa shape index (κ1) is 17.2. The van der Waals surface area contributed by atoms with Crippen molar-refractivity contribution in [1.82, 2.24) is 9.97 Å². The molecule has 0 fully saturated rings. The minimum atomic E-state index is -0.878. The predicted octanol–water partition coefficient (Wildman–Crippen LogP) is 4.61. The van der Waals surface area contributed by atoms with Crippen LogP contribution in [0.25, 0.3) is 27.2 Å². The normalized spacial score (nSPS) is 12.6. The maximum absolute atomic E-state index is 12.6. The molecule has 27 heavy (non-hydrogen) atoms. The molecule has 0 aliphatic heterocycles. The Kier molecular flexibility index (Phi) is 4.56. The highest BCUT2D eigenvalue weighted by molar-refractivity contribution is 7.19. The summed E-state index contributed by atoms with van der Waals surface area (Å²) in [7, 11) is 0. The fourth-order valence-corrected chi connectivity index (χ4v) is 3.73. The third kappa shape index (κ3) is 3.52. The zero-order valence-electron chi connectivity index (χ0n) is 14.5. The van der Waals surface area contributed by atoms with Crippen LogP contribution in [0.4, 0.5) is 0 Å². The summed E-state index contributed by atoms with van der Waals surface area (Å²) in [5, 5.41) is 1.53. The van der Waals surface area contributed by atoms with Gasteiger partial charge in [0.1, 0.15) is 5.01 Å². The SMILES string of the molecule is C[C@H](OC(=O)/C=C/c1nc2ccccc2s1)C(=O)c1c[nH]c2ccccc12. The van der Waals surface area contributed by atoms with Gasteiger partial charge in [0.15, 0.2) is 6.10 Å². The van der Waals surface area contributed by atoms with Crippen LogP contribution in [0.15, 0.2) is 60.8 Å². The third-order valence-electron chi connectivity index (χ3n) is 4.19. The average Bonchev–Trinajstić information content (AvgIpc) is 3.29. The van der Waals surface area contributed by atoms with E-state index < -0.39 is 12.1 Å². The van der Waals surface area contributed by atoms with E-state index in [1.54, 1.807) is 19.2 Å². The molecule has 4 rings (SSSR count). The average molecular weight is 376 g/mol. The summed E-state index contributed by atoms with van der Waals surface area (Å²) in [6, 6.07) is 15.3. The van der Waals surface area contributed by atoms with Crippen molar-refractivity contribution in [3.05, 3.63) is 71.4 Å². The first-order valence-electron chi connectivity index (χ1n) is 8.46. The number of carbonyl (C=O) groups is 2. The summed E-state index contributed by atoms with van der Waals surface area (Å²) in [6.07, 6.45) is 3.68. The summed E-state index contributed by atoms with van der Waals surface area (Å²) in [6.45, 7) is 1.58. The zero-order valence-corrected chi connectivity index (χ0v) is 15.3. The Bertz CT molecular complexity index is 1140. The van der Waals surface area contributed by atoms with E-state index in [1.807, 2.05) is 48.5 Å². The van der Waals surface area contributed by atoms with Crippen LogP contribution in [-0.2, 0) is 9.53 Å². The summed E-state index contributed by atoms with van der Waals surface area (Å²) in [4.78, 5) is 32.2. The number of ketones is 1. The van der Waals surface area contributed by atoms with Gasteiger partial charge in [-0.15, -0.1) is 11.3 Å². The molecular formula is C21H16N2O3S. The lowest BCUT2D eigenvalue weighted by Crippen LogP contribution is -2.23.